The van der Waals surface area contributed by atoms with Crippen LogP contribution in [0.4, 0.5) is 0 Å². The number of hydrogen-bond acceptors (Lipinski definition) is 2. The van der Waals surface area contributed by atoms with Crippen LogP contribution in [0.3, 0.4) is 0 Å². The maximum atomic E-state index is 12.0. The summed E-state index contributed by atoms with van der Waals surface area (Å²) in [6, 6.07) is 18.9. The van der Waals surface area contributed by atoms with Crippen LogP contribution in [0, 0.1) is 0 Å². The number of thiocarbonyl (C=S) groups is 1. The number of carbonyl (C=O) groups is 1. The fourth-order valence-corrected chi connectivity index (χ4v) is 1.77. The van der Waals surface area contributed by atoms with Gasteiger partial charge in [-0.25, -0.2) is 0 Å². The van der Waals surface area contributed by atoms with Gasteiger partial charge in [-0.15, -0.1) is 0 Å². The molecule has 0 saturated heterocycles. The molecule has 90 valence electrons. The molecular formula is C15H13NOS. The summed E-state index contributed by atoms with van der Waals surface area (Å²) in [7, 11) is 0. The van der Waals surface area contributed by atoms with Crippen LogP contribution < -0.4 is 5.32 Å². The largest absolute Gasteiger partial charge is 0.369 e. The van der Waals surface area contributed by atoms with Crippen LogP contribution in [0.1, 0.15) is 15.9 Å². The molecule has 0 heterocycles. The molecule has 2 rings (SSSR count). The Hall–Kier alpha value is -2.00. The summed E-state index contributed by atoms with van der Waals surface area (Å²) in [5.41, 5.74) is 1.71. The number of ketones is 1. The van der Waals surface area contributed by atoms with Crippen LogP contribution in [-0.4, -0.2) is 10.8 Å². The first-order valence-electron chi connectivity index (χ1n) is 5.69. The van der Waals surface area contributed by atoms with Crippen LogP contribution in [0.5, 0.6) is 0 Å². The highest BCUT2D eigenvalue weighted by molar-refractivity contribution is 7.82. The SMILES string of the molecule is O=C(C(=S)NCc1ccccc1)c1ccccc1. The number of rotatable bonds is 4. The van der Waals surface area contributed by atoms with E-state index in [1.54, 1.807) is 12.1 Å². The summed E-state index contributed by atoms with van der Waals surface area (Å²) in [4.78, 5) is 12.2. The molecule has 3 heteroatoms. The summed E-state index contributed by atoms with van der Waals surface area (Å²) in [5, 5.41) is 2.98. The van der Waals surface area contributed by atoms with Gasteiger partial charge in [0, 0.05) is 12.1 Å². The Morgan fingerprint density at radius 2 is 1.50 bits per heavy atom. The van der Waals surface area contributed by atoms with Crippen molar-refractivity contribution < 1.29 is 4.79 Å². The molecule has 18 heavy (non-hydrogen) atoms. The zero-order valence-corrected chi connectivity index (χ0v) is 10.6. The number of hydrogen-bond donors (Lipinski definition) is 1. The Morgan fingerprint density at radius 1 is 0.944 bits per heavy atom. The minimum atomic E-state index is -0.137. The summed E-state index contributed by atoms with van der Waals surface area (Å²) < 4.78 is 0. The topological polar surface area (TPSA) is 29.1 Å². The second-order valence-electron chi connectivity index (χ2n) is 3.86. The van der Waals surface area contributed by atoms with Crippen molar-refractivity contribution in [2.45, 2.75) is 6.54 Å². The van der Waals surface area contributed by atoms with Crippen LogP contribution in [0.2, 0.25) is 0 Å². The highest BCUT2D eigenvalue weighted by Gasteiger charge is 2.10. The molecule has 2 nitrogen and oxygen atoms in total. The third-order valence-corrected chi connectivity index (χ3v) is 2.87. The monoisotopic (exact) mass is 255 g/mol. The van der Waals surface area contributed by atoms with Crippen LogP contribution in [0.15, 0.2) is 60.7 Å². The second kappa shape index (κ2) is 6.07. The van der Waals surface area contributed by atoms with E-state index in [2.05, 4.69) is 5.32 Å². The van der Waals surface area contributed by atoms with Gasteiger partial charge in [-0.3, -0.25) is 4.79 Å². The highest BCUT2D eigenvalue weighted by atomic mass is 32.1. The van der Waals surface area contributed by atoms with Gasteiger partial charge in [0.1, 0.15) is 4.99 Å². The maximum absolute atomic E-state index is 12.0. The van der Waals surface area contributed by atoms with Gasteiger partial charge in [-0.1, -0.05) is 72.9 Å². The number of nitrogens with one attached hydrogen (secondary N) is 1. The van der Waals surface area contributed by atoms with Crippen LogP contribution >= 0.6 is 12.2 Å². The van der Waals surface area contributed by atoms with Crippen molar-refractivity contribution in [2.75, 3.05) is 0 Å². The Kier molecular flexibility index (Phi) is 4.20. The third-order valence-electron chi connectivity index (χ3n) is 2.54. The highest BCUT2D eigenvalue weighted by Crippen LogP contribution is 2.02. The van der Waals surface area contributed by atoms with Crippen molar-refractivity contribution in [1.29, 1.82) is 0 Å². The molecule has 0 bridgehead atoms. The van der Waals surface area contributed by atoms with Crippen molar-refractivity contribution in [3.8, 4) is 0 Å². The fraction of sp³-hybridized carbons (Fsp3) is 0.0667. The second-order valence-corrected chi connectivity index (χ2v) is 4.27. The van der Waals surface area contributed by atoms with Gasteiger partial charge in [0.15, 0.2) is 0 Å². The lowest BCUT2D eigenvalue weighted by molar-refractivity contribution is 0.106. The third kappa shape index (κ3) is 3.25. The molecule has 2 aromatic rings. The van der Waals surface area contributed by atoms with E-state index in [9.17, 15) is 4.79 Å². The summed E-state index contributed by atoms with van der Waals surface area (Å²) in [6.07, 6.45) is 0. The van der Waals surface area contributed by atoms with Crippen molar-refractivity contribution in [3.63, 3.8) is 0 Å². The average molecular weight is 255 g/mol. The Bertz CT molecular complexity index is 537. The van der Waals surface area contributed by atoms with E-state index in [-0.39, 0.29) is 10.8 Å². The lowest BCUT2D eigenvalue weighted by Crippen LogP contribution is -2.28. The van der Waals surface area contributed by atoms with Crippen molar-refractivity contribution in [3.05, 3.63) is 71.8 Å². The Balaban J connectivity index is 1.95. The van der Waals surface area contributed by atoms with E-state index < -0.39 is 0 Å². The van der Waals surface area contributed by atoms with Gasteiger partial charge in [-0.2, -0.15) is 0 Å². The number of benzene rings is 2. The molecule has 0 aliphatic rings. The van der Waals surface area contributed by atoms with Gasteiger partial charge in [-0.05, 0) is 5.56 Å². The maximum Gasteiger partial charge on any atom is 0.219 e. The molecule has 1 N–H and O–H groups in total. The van der Waals surface area contributed by atoms with E-state index >= 15 is 0 Å². The summed E-state index contributed by atoms with van der Waals surface area (Å²) in [5.74, 6) is -0.137. The quantitative estimate of drug-likeness (QED) is 0.672. The molecule has 0 saturated carbocycles. The Labute approximate surface area is 112 Å². The summed E-state index contributed by atoms with van der Waals surface area (Å²) >= 11 is 5.10. The number of carbonyl (C=O) groups excluding carboxylic acids is 1. The van der Waals surface area contributed by atoms with Crippen molar-refractivity contribution in [2.24, 2.45) is 0 Å². The Morgan fingerprint density at radius 3 is 2.11 bits per heavy atom. The van der Waals surface area contributed by atoms with E-state index in [1.807, 2.05) is 48.5 Å². The molecule has 0 spiro atoms. The van der Waals surface area contributed by atoms with Gasteiger partial charge in [0.25, 0.3) is 0 Å². The molecule has 2 aromatic carbocycles. The normalized spacial score (nSPS) is 9.78. The van der Waals surface area contributed by atoms with Gasteiger partial charge >= 0.3 is 0 Å². The molecule has 0 radical (unpaired) electrons. The molecule has 0 aliphatic carbocycles. The zero-order chi connectivity index (χ0) is 12.8. The average Bonchev–Trinajstić information content (AvgIpc) is 2.46. The number of Topliss-reactive ketones (excluding diaryl/α,β-unsaturated/α-hetero) is 1. The van der Waals surface area contributed by atoms with Crippen LogP contribution in [0.25, 0.3) is 0 Å². The smallest absolute Gasteiger partial charge is 0.219 e. The van der Waals surface area contributed by atoms with Crippen LogP contribution in [-0.2, 0) is 6.54 Å². The predicted molar refractivity (Wildman–Crippen MR) is 76.7 cm³/mol. The zero-order valence-electron chi connectivity index (χ0n) is 9.80. The fourth-order valence-electron chi connectivity index (χ4n) is 1.58. The molecule has 0 aromatic heterocycles. The minimum absolute atomic E-state index is 0.137. The molecule has 0 amide bonds. The first-order chi connectivity index (χ1) is 8.77. The van der Waals surface area contributed by atoms with E-state index in [4.69, 9.17) is 12.2 Å². The molecule has 0 unspecified atom stereocenters. The molecule has 0 atom stereocenters. The van der Waals surface area contributed by atoms with Gasteiger partial charge in [0.05, 0.1) is 0 Å². The summed E-state index contributed by atoms with van der Waals surface area (Å²) in [6.45, 7) is 0.568. The first kappa shape index (κ1) is 12.5. The van der Waals surface area contributed by atoms with E-state index in [0.29, 0.717) is 12.1 Å². The van der Waals surface area contributed by atoms with Gasteiger partial charge < -0.3 is 5.32 Å². The van der Waals surface area contributed by atoms with E-state index in [0.717, 1.165) is 5.56 Å². The molecule has 0 aliphatic heterocycles. The van der Waals surface area contributed by atoms with E-state index in [1.165, 1.54) is 0 Å². The predicted octanol–water partition coefficient (Wildman–Crippen LogP) is 2.99. The lowest BCUT2D eigenvalue weighted by Gasteiger charge is -2.07. The molecular weight excluding hydrogens is 242 g/mol. The van der Waals surface area contributed by atoms with Crippen molar-refractivity contribution in [1.82, 2.24) is 5.32 Å². The van der Waals surface area contributed by atoms with Gasteiger partial charge in [0.2, 0.25) is 5.78 Å². The van der Waals surface area contributed by atoms with Crippen molar-refractivity contribution >= 4 is 23.0 Å². The standard InChI is InChI=1S/C15H13NOS/c17-14(13-9-5-2-6-10-13)15(18)16-11-12-7-3-1-4-8-12/h1-10H,11H2,(H,16,18). The first-order valence-corrected chi connectivity index (χ1v) is 6.09. The molecule has 0 fully saturated rings. The lowest BCUT2D eigenvalue weighted by atomic mass is 10.1. The minimum Gasteiger partial charge on any atom is -0.369 e.